The molecule has 1 heterocycles. The van der Waals surface area contributed by atoms with Crippen molar-refractivity contribution in [3.63, 3.8) is 0 Å². The van der Waals surface area contributed by atoms with E-state index in [-0.39, 0.29) is 17.9 Å². The Morgan fingerprint density at radius 1 is 1.56 bits per heavy atom. The Labute approximate surface area is 89.2 Å². The number of hydrogen-bond acceptors (Lipinski definition) is 4. The van der Waals surface area contributed by atoms with Crippen LogP contribution in [0.25, 0.3) is 0 Å². The van der Waals surface area contributed by atoms with Crippen LogP contribution in [0.1, 0.15) is 23.0 Å². The molecule has 0 saturated heterocycles. The van der Waals surface area contributed by atoms with Crippen molar-refractivity contribution in [2.45, 2.75) is 13.1 Å². The van der Waals surface area contributed by atoms with Crippen molar-refractivity contribution < 1.29 is 22.7 Å². The average Bonchev–Trinajstić information content (AvgIpc) is 2.16. The van der Waals surface area contributed by atoms with Gasteiger partial charge in [0.1, 0.15) is 11.3 Å². The number of alkyl halides is 3. The number of hydrogen-bond donors (Lipinski definition) is 1. The van der Waals surface area contributed by atoms with Crippen LogP contribution in [-0.2, 0) is 10.9 Å². The summed E-state index contributed by atoms with van der Waals surface area (Å²) in [5, 5.41) is 0. The predicted molar refractivity (Wildman–Crippen MR) is 49.6 cm³/mol. The maximum atomic E-state index is 12.2. The zero-order valence-corrected chi connectivity index (χ0v) is 8.34. The number of nitrogens with two attached hydrogens (primary N) is 1. The lowest BCUT2D eigenvalue weighted by atomic mass is 10.2. The van der Waals surface area contributed by atoms with E-state index < -0.39 is 17.8 Å². The van der Waals surface area contributed by atoms with Crippen LogP contribution < -0.4 is 5.73 Å². The Kier molecular flexibility index (Phi) is 3.36. The zero-order valence-electron chi connectivity index (χ0n) is 8.34. The number of pyridine rings is 1. The molecule has 7 heteroatoms. The number of nitrogen functional groups attached to an aromatic ring is 1. The number of anilines is 1. The first-order valence-corrected chi connectivity index (χ1v) is 4.36. The summed E-state index contributed by atoms with van der Waals surface area (Å²) in [6, 6.07) is 0.603. The first-order chi connectivity index (χ1) is 7.36. The fourth-order valence-electron chi connectivity index (χ4n) is 1.01. The molecule has 16 heavy (non-hydrogen) atoms. The lowest BCUT2D eigenvalue weighted by molar-refractivity contribution is -0.141. The van der Waals surface area contributed by atoms with E-state index in [1.165, 1.54) is 0 Å². The van der Waals surface area contributed by atoms with Gasteiger partial charge in [-0.2, -0.15) is 13.2 Å². The number of nitrogens with zero attached hydrogens (tertiary/aromatic N) is 1. The number of halogens is 3. The van der Waals surface area contributed by atoms with Gasteiger partial charge in [-0.05, 0) is 13.0 Å². The number of ether oxygens (including phenoxy) is 1. The van der Waals surface area contributed by atoms with E-state index in [1.807, 2.05) is 0 Å². The molecule has 0 aromatic carbocycles. The lowest BCUT2D eigenvalue weighted by Crippen LogP contribution is -2.13. The monoisotopic (exact) mass is 234 g/mol. The van der Waals surface area contributed by atoms with Crippen molar-refractivity contribution in [2.75, 3.05) is 12.3 Å². The highest BCUT2D eigenvalue weighted by atomic mass is 19.4. The summed E-state index contributed by atoms with van der Waals surface area (Å²) in [6.07, 6.45) is -3.82. The van der Waals surface area contributed by atoms with Crippen LogP contribution >= 0.6 is 0 Å². The van der Waals surface area contributed by atoms with E-state index in [4.69, 9.17) is 5.73 Å². The predicted octanol–water partition coefficient (Wildman–Crippen LogP) is 1.86. The fourth-order valence-corrected chi connectivity index (χ4v) is 1.01. The number of rotatable bonds is 2. The minimum Gasteiger partial charge on any atom is -0.462 e. The zero-order chi connectivity index (χ0) is 12.3. The molecule has 1 aromatic heterocycles. The third-order valence-electron chi connectivity index (χ3n) is 1.72. The van der Waals surface area contributed by atoms with Gasteiger partial charge in [-0.25, -0.2) is 4.79 Å². The highest BCUT2D eigenvalue weighted by Crippen LogP contribution is 2.29. The first-order valence-electron chi connectivity index (χ1n) is 4.36. The largest absolute Gasteiger partial charge is 0.462 e. The van der Waals surface area contributed by atoms with Gasteiger partial charge in [0, 0.05) is 11.9 Å². The topological polar surface area (TPSA) is 65.2 Å². The number of carbonyl (C=O) groups is 1. The fraction of sp³-hybridized carbons (Fsp3) is 0.333. The molecule has 1 rings (SSSR count). The van der Waals surface area contributed by atoms with Gasteiger partial charge < -0.3 is 10.5 Å². The van der Waals surface area contributed by atoms with Gasteiger partial charge in [0.25, 0.3) is 0 Å². The lowest BCUT2D eigenvalue weighted by Gasteiger charge is -2.08. The van der Waals surface area contributed by atoms with Gasteiger partial charge in [0.15, 0.2) is 0 Å². The molecule has 0 unspecified atom stereocenters. The molecule has 0 amide bonds. The van der Waals surface area contributed by atoms with Crippen LogP contribution in [0.4, 0.5) is 18.9 Å². The molecule has 88 valence electrons. The number of aromatic nitrogens is 1. The second kappa shape index (κ2) is 4.38. The Hall–Kier alpha value is -1.79. The molecule has 0 atom stereocenters. The van der Waals surface area contributed by atoms with Crippen LogP contribution in [0.2, 0.25) is 0 Å². The molecule has 1 aromatic rings. The third kappa shape index (κ3) is 2.62. The van der Waals surface area contributed by atoms with Gasteiger partial charge in [-0.3, -0.25) is 4.98 Å². The van der Waals surface area contributed by atoms with Crippen molar-refractivity contribution in [1.29, 1.82) is 0 Å². The molecule has 4 nitrogen and oxygen atoms in total. The second-order valence-electron chi connectivity index (χ2n) is 2.88. The summed E-state index contributed by atoms with van der Waals surface area (Å²) in [5.74, 6) is -0.791. The maximum absolute atomic E-state index is 12.2. The molecule has 0 fully saturated rings. The van der Waals surface area contributed by atoms with Crippen molar-refractivity contribution in [2.24, 2.45) is 0 Å². The SMILES string of the molecule is CCOC(=O)c1cnc(C(F)(F)F)cc1N. The summed E-state index contributed by atoms with van der Waals surface area (Å²) in [4.78, 5) is 14.3. The summed E-state index contributed by atoms with van der Waals surface area (Å²) >= 11 is 0. The van der Waals surface area contributed by atoms with E-state index in [9.17, 15) is 18.0 Å². The van der Waals surface area contributed by atoms with Crippen LogP contribution in [0.3, 0.4) is 0 Å². The van der Waals surface area contributed by atoms with Gasteiger partial charge >= 0.3 is 12.1 Å². The third-order valence-corrected chi connectivity index (χ3v) is 1.72. The van der Waals surface area contributed by atoms with E-state index in [0.29, 0.717) is 6.07 Å². The minimum absolute atomic E-state index is 0.110. The summed E-state index contributed by atoms with van der Waals surface area (Å²) < 4.78 is 41.2. The number of carbonyl (C=O) groups excluding carboxylic acids is 1. The number of esters is 1. The molecule has 2 N–H and O–H groups in total. The molecule has 0 radical (unpaired) electrons. The van der Waals surface area contributed by atoms with E-state index >= 15 is 0 Å². The molecule has 0 saturated carbocycles. The smallest absolute Gasteiger partial charge is 0.433 e. The Bertz CT molecular complexity index is 404. The van der Waals surface area contributed by atoms with E-state index in [0.717, 1.165) is 6.20 Å². The van der Waals surface area contributed by atoms with Crippen molar-refractivity contribution in [3.8, 4) is 0 Å². The second-order valence-corrected chi connectivity index (χ2v) is 2.88. The standard InChI is InChI=1S/C9H9F3N2O2/c1-2-16-8(15)5-4-14-7(3-6(5)13)9(10,11)12/h3-4H,2H2,1H3,(H2,13,14). The van der Waals surface area contributed by atoms with E-state index in [1.54, 1.807) is 6.92 Å². The Morgan fingerprint density at radius 2 is 2.19 bits per heavy atom. The molecule has 0 aliphatic heterocycles. The van der Waals surface area contributed by atoms with Crippen molar-refractivity contribution in [1.82, 2.24) is 4.98 Å². The quantitative estimate of drug-likeness (QED) is 0.793. The maximum Gasteiger partial charge on any atom is 0.433 e. The highest BCUT2D eigenvalue weighted by Gasteiger charge is 2.33. The summed E-state index contributed by atoms with van der Waals surface area (Å²) in [7, 11) is 0. The highest BCUT2D eigenvalue weighted by molar-refractivity contribution is 5.94. The van der Waals surface area contributed by atoms with Crippen LogP contribution in [-0.4, -0.2) is 17.6 Å². The molecule has 0 bridgehead atoms. The first kappa shape index (κ1) is 12.3. The van der Waals surface area contributed by atoms with Gasteiger partial charge in [-0.1, -0.05) is 0 Å². The molecule has 0 aliphatic rings. The molecular formula is C9H9F3N2O2. The minimum atomic E-state index is -4.58. The van der Waals surface area contributed by atoms with Crippen LogP contribution in [0, 0.1) is 0 Å². The van der Waals surface area contributed by atoms with Crippen LogP contribution in [0.5, 0.6) is 0 Å². The molecule has 0 aliphatic carbocycles. The average molecular weight is 234 g/mol. The Balaban J connectivity index is 3.05. The summed E-state index contributed by atoms with van der Waals surface area (Å²) in [5.41, 5.74) is 3.69. The van der Waals surface area contributed by atoms with E-state index in [2.05, 4.69) is 9.72 Å². The van der Waals surface area contributed by atoms with Crippen molar-refractivity contribution >= 4 is 11.7 Å². The molecule has 0 spiro atoms. The Morgan fingerprint density at radius 3 is 2.62 bits per heavy atom. The molecular weight excluding hydrogens is 225 g/mol. The van der Waals surface area contributed by atoms with Gasteiger partial charge in [0.2, 0.25) is 0 Å². The van der Waals surface area contributed by atoms with Gasteiger partial charge in [0.05, 0.1) is 6.61 Å². The summed E-state index contributed by atoms with van der Waals surface area (Å²) in [6.45, 7) is 1.69. The van der Waals surface area contributed by atoms with Gasteiger partial charge in [-0.15, -0.1) is 0 Å². The van der Waals surface area contributed by atoms with Crippen LogP contribution in [0.15, 0.2) is 12.3 Å². The normalized spacial score (nSPS) is 11.2. The van der Waals surface area contributed by atoms with Crippen molar-refractivity contribution in [3.05, 3.63) is 23.5 Å².